The lowest BCUT2D eigenvalue weighted by atomic mass is 9.77. The van der Waals surface area contributed by atoms with Crippen LogP contribution < -0.4 is 9.47 Å². The van der Waals surface area contributed by atoms with Gasteiger partial charge in [0, 0.05) is 22.7 Å². The lowest BCUT2D eigenvalue weighted by Gasteiger charge is -2.28. The van der Waals surface area contributed by atoms with Crippen LogP contribution in [0.3, 0.4) is 0 Å². The maximum Gasteiger partial charge on any atom is 0.263 e. The van der Waals surface area contributed by atoms with E-state index < -0.39 is 0 Å². The van der Waals surface area contributed by atoms with Gasteiger partial charge in [0.15, 0.2) is 0 Å². The van der Waals surface area contributed by atoms with E-state index in [4.69, 9.17) is 0 Å². The Morgan fingerprint density at radius 3 is 2.64 bits per heavy atom. The van der Waals surface area contributed by atoms with E-state index in [1.165, 1.54) is 88.0 Å². The van der Waals surface area contributed by atoms with E-state index in [9.17, 15) is 0 Å². The molecule has 1 atom stereocenters. The predicted octanol–water partition coefficient (Wildman–Crippen LogP) is 10.6. The number of benzene rings is 3. The molecular formula is C37H33N2S3+. The van der Waals surface area contributed by atoms with Crippen LogP contribution in [0, 0.1) is 5.92 Å². The molecule has 2 nitrogen and oxygen atoms in total. The molecule has 0 N–H and O–H groups in total. The zero-order chi connectivity index (χ0) is 28.2. The van der Waals surface area contributed by atoms with Crippen molar-refractivity contribution in [2.75, 3.05) is 11.9 Å². The minimum absolute atomic E-state index is 0.690. The molecule has 0 amide bonds. The number of thiazole rings is 1. The first kappa shape index (κ1) is 26.3. The molecule has 1 unspecified atom stereocenters. The molecule has 0 saturated heterocycles. The first-order chi connectivity index (χ1) is 20.6. The van der Waals surface area contributed by atoms with Crippen LogP contribution in [0.4, 0.5) is 5.69 Å². The Balaban J connectivity index is 1.09. The number of thioether (sulfide) groups is 1. The second kappa shape index (κ2) is 10.7. The molecule has 0 spiro atoms. The van der Waals surface area contributed by atoms with Gasteiger partial charge in [-0.05, 0) is 108 Å². The smallest absolute Gasteiger partial charge is 0.263 e. The third-order valence-corrected chi connectivity index (χ3v) is 12.1. The normalized spacial score (nSPS) is 20.3. The molecule has 3 heterocycles. The number of rotatable bonds is 4. The number of aromatic nitrogens is 1. The maximum absolute atomic E-state index is 2.52. The van der Waals surface area contributed by atoms with Gasteiger partial charge in [0.05, 0.1) is 16.1 Å². The first-order valence-electron chi connectivity index (χ1n) is 14.9. The summed E-state index contributed by atoms with van der Waals surface area (Å²) in [7, 11) is 2.21. The molecule has 5 aromatic rings. The van der Waals surface area contributed by atoms with Crippen molar-refractivity contribution in [1.29, 1.82) is 0 Å². The Kier molecular flexibility index (Phi) is 6.70. The highest BCUT2D eigenvalue weighted by atomic mass is 32.2. The molecule has 2 aromatic heterocycles. The molecule has 8 rings (SSSR count). The van der Waals surface area contributed by atoms with Gasteiger partial charge in [0.2, 0.25) is 5.52 Å². The van der Waals surface area contributed by atoms with Gasteiger partial charge in [-0.15, -0.1) is 11.3 Å². The number of nitrogens with zero attached hydrogens (tertiary/aromatic N) is 2. The zero-order valence-electron chi connectivity index (χ0n) is 24.0. The van der Waals surface area contributed by atoms with Gasteiger partial charge in [0.1, 0.15) is 11.2 Å². The maximum atomic E-state index is 2.52. The van der Waals surface area contributed by atoms with Crippen LogP contribution in [0.1, 0.15) is 37.6 Å². The second-order valence-corrected chi connectivity index (χ2v) is 14.6. The number of hydrogen-bond donors (Lipinski definition) is 0. The van der Waals surface area contributed by atoms with E-state index in [1.807, 2.05) is 34.4 Å². The number of hydrogen-bond acceptors (Lipinski definition) is 4. The number of anilines is 1. The van der Waals surface area contributed by atoms with Gasteiger partial charge in [-0.25, -0.2) is 0 Å². The van der Waals surface area contributed by atoms with Gasteiger partial charge in [-0.3, -0.25) is 0 Å². The summed E-state index contributed by atoms with van der Waals surface area (Å²) in [6.45, 7) is 3.27. The fraction of sp³-hybridized carbons (Fsp3) is 0.216. The molecule has 1 aliphatic heterocycles. The molecule has 3 aliphatic rings. The van der Waals surface area contributed by atoms with E-state index in [2.05, 4.69) is 120 Å². The summed E-state index contributed by atoms with van der Waals surface area (Å²) in [5.74, 6) is 0.690. The highest BCUT2D eigenvalue weighted by Gasteiger charge is 2.27. The predicted molar refractivity (Wildman–Crippen MR) is 183 cm³/mol. The quantitative estimate of drug-likeness (QED) is 0.189. The largest absolute Gasteiger partial charge is 0.338 e. The van der Waals surface area contributed by atoms with Crippen LogP contribution in [-0.4, -0.2) is 7.05 Å². The van der Waals surface area contributed by atoms with Crippen molar-refractivity contribution in [2.24, 2.45) is 5.92 Å². The second-order valence-electron chi connectivity index (χ2n) is 11.5. The Bertz CT molecular complexity index is 1970. The summed E-state index contributed by atoms with van der Waals surface area (Å²) >= 11 is 5.67. The fourth-order valence-corrected chi connectivity index (χ4v) is 9.91. The minimum Gasteiger partial charge on any atom is -0.338 e. The van der Waals surface area contributed by atoms with Gasteiger partial charge in [-0.2, -0.15) is 4.57 Å². The highest BCUT2D eigenvalue weighted by molar-refractivity contribution is 8.03. The van der Waals surface area contributed by atoms with E-state index >= 15 is 0 Å². The van der Waals surface area contributed by atoms with Crippen LogP contribution in [-0.2, 0) is 6.54 Å². The molecule has 0 fully saturated rings. The van der Waals surface area contributed by atoms with Gasteiger partial charge in [0.25, 0.3) is 5.01 Å². The van der Waals surface area contributed by atoms with Crippen molar-refractivity contribution in [2.45, 2.75) is 44.0 Å². The van der Waals surface area contributed by atoms with Gasteiger partial charge in [-0.1, -0.05) is 71.6 Å². The molecule has 42 heavy (non-hydrogen) atoms. The van der Waals surface area contributed by atoms with Crippen LogP contribution >= 0.6 is 34.4 Å². The topological polar surface area (TPSA) is 7.12 Å². The van der Waals surface area contributed by atoms with Gasteiger partial charge < -0.3 is 4.90 Å². The van der Waals surface area contributed by atoms with E-state index in [-0.39, 0.29) is 0 Å². The van der Waals surface area contributed by atoms with Crippen LogP contribution in [0.15, 0.2) is 117 Å². The summed E-state index contributed by atoms with van der Waals surface area (Å²) in [4.78, 5) is 3.70. The first-order valence-corrected chi connectivity index (χ1v) is 17.4. The Hall–Kier alpha value is -3.38. The molecule has 5 heteroatoms. The van der Waals surface area contributed by atoms with Gasteiger partial charge >= 0.3 is 0 Å². The average Bonchev–Trinajstić information content (AvgIpc) is 3.72. The SMILES string of the molecule is CC[n+]1c(C=C2C=C3C=C(C=C4Sc5cc(-c6ccccc6)ccc5N4C)CCC3CC2)sc2ccc3sccc3c21. The number of allylic oxidation sites excluding steroid dienone is 6. The third kappa shape index (κ3) is 4.59. The summed E-state index contributed by atoms with van der Waals surface area (Å²) in [6, 6.07) is 24.4. The van der Waals surface area contributed by atoms with E-state index in [1.54, 1.807) is 0 Å². The molecule has 0 radical (unpaired) electrons. The summed E-state index contributed by atoms with van der Waals surface area (Å²) in [5, 5.41) is 6.30. The number of aryl methyl sites for hydroxylation is 1. The number of thiophene rings is 1. The molecule has 2 aliphatic carbocycles. The molecule has 0 saturated carbocycles. The Morgan fingerprint density at radius 1 is 0.905 bits per heavy atom. The number of fused-ring (bicyclic) bond motifs is 5. The van der Waals surface area contributed by atoms with E-state index in [0.29, 0.717) is 5.92 Å². The van der Waals surface area contributed by atoms with Crippen LogP contribution in [0.5, 0.6) is 0 Å². The van der Waals surface area contributed by atoms with Crippen LogP contribution in [0.2, 0.25) is 0 Å². The lowest BCUT2D eigenvalue weighted by molar-refractivity contribution is -0.664. The molecular weight excluding hydrogens is 569 g/mol. The molecule has 208 valence electrons. The van der Waals surface area contributed by atoms with Crippen molar-refractivity contribution >= 4 is 66.5 Å². The fourth-order valence-electron chi connectivity index (χ4n) is 6.73. The van der Waals surface area contributed by atoms with Crippen molar-refractivity contribution < 1.29 is 4.57 Å². The summed E-state index contributed by atoms with van der Waals surface area (Å²) in [6.07, 6.45) is 14.7. The molecule has 3 aromatic carbocycles. The minimum atomic E-state index is 0.690. The Morgan fingerprint density at radius 2 is 1.76 bits per heavy atom. The van der Waals surface area contributed by atoms with Crippen molar-refractivity contribution in [3.05, 3.63) is 117 Å². The highest BCUT2D eigenvalue weighted by Crippen LogP contribution is 2.48. The third-order valence-electron chi connectivity index (χ3n) is 8.97. The van der Waals surface area contributed by atoms with Crippen molar-refractivity contribution in [3.63, 3.8) is 0 Å². The van der Waals surface area contributed by atoms with E-state index in [0.717, 1.165) is 13.0 Å². The monoisotopic (exact) mass is 601 g/mol. The standard InChI is InChI=1S/C37H33N2S3/c1-3-39-36(41-33-16-15-32-30(37(33)39)17-18-40-32)22-25-10-12-27-11-9-24(19-29(27)20-25)21-35-38(2)31-14-13-28(23-34(31)42-35)26-7-5-4-6-8-26/h4-8,13-23,27H,3,9-12H2,1-2H3/q+1. The lowest BCUT2D eigenvalue weighted by Crippen LogP contribution is -2.33. The molecule has 0 bridgehead atoms. The summed E-state index contributed by atoms with van der Waals surface area (Å²) < 4.78 is 5.29. The Labute approximate surface area is 260 Å². The average molecular weight is 602 g/mol. The van der Waals surface area contributed by atoms with Crippen molar-refractivity contribution in [1.82, 2.24) is 0 Å². The zero-order valence-corrected chi connectivity index (χ0v) is 26.4. The van der Waals surface area contributed by atoms with Crippen molar-refractivity contribution in [3.8, 4) is 11.1 Å². The summed E-state index contributed by atoms with van der Waals surface area (Å²) in [5.41, 5.74) is 9.69. The van der Waals surface area contributed by atoms with Crippen LogP contribution in [0.25, 0.3) is 37.5 Å².